The topological polar surface area (TPSA) is 51.2 Å². The van der Waals surface area contributed by atoms with Crippen LogP contribution in [0, 0.1) is 55.4 Å². The fraction of sp³-hybridized carbons (Fsp3) is 0.222. The van der Waals surface area contributed by atoms with Crippen LogP contribution in [0.2, 0.25) is 0 Å². The minimum absolute atomic E-state index is 0.0708. The molecule has 8 rings (SSSR count). The average molecular weight is 1010 g/mol. The summed E-state index contributed by atoms with van der Waals surface area (Å²) in [5.74, 6) is 0.0833. The van der Waals surface area contributed by atoms with Gasteiger partial charge in [0, 0.05) is 16.5 Å². The zero-order valence-corrected chi connectivity index (χ0v) is 43.7. The summed E-state index contributed by atoms with van der Waals surface area (Å²) in [5.41, 5.74) is 6.78. The highest BCUT2D eigenvalue weighted by Crippen LogP contribution is 2.56. The number of sulfone groups is 1. The van der Waals surface area contributed by atoms with E-state index in [0.717, 1.165) is 46.5 Å². The quantitative estimate of drug-likeness (QED) is 0.113. The molecule has 8 aromatic rings. The summed E-state index contributed by atoms with van der Waals surface area (Å²) in [6.07, 6.45) is -11.1. The van der Waals surface area contributed by atoms with Gasteiger partial charge in [0.05, 0.1) is 9.79 Å². The predicted octanol–water partition coefficient (Wildman–Crippen LogP) is 17.0. The van der Waals surface area contributed by atoms with Crippen molar-refractivity contribution < 1.29 is 39.6 Å². The highest BCUT2D eigenvalue weighted by atomic mass is 32.2. The number of halogens is 6. The van der Waals surface area contributed by atoms with E-state index < -0.39 is 38.7 Å². The largest absolute Gasteiger partial charge is 0.411 e. The van der Waals surface area contributed by atoms with Crippen LogP contribution in [0.15, 0.2) is 204 Å². The van der Waals surface area contributed by atoms with Crippen LogP contribution in [0.4, 0.5) is 26.3 Å². The molecule has 0 saturated carbocycles. The number of rotatable bonds is 8. The number of hydrogen-bond donors (Lipinski definition) is 0. The Labute approximate surface area is 427 Å². The van der Waals surface area contributed by atoms with Crippen molar-refractivity contribution in [1.82, 2.24) is 0 Å². The normalized spacial score (nSPS) is 11.7. The van der Waals surface area contributed by atoms with Crippen LogP contribution in [0.1, 0.15) is 96.5 Å². The van der Waals surface area contributed by atoms with Gasteiger partial charge in [0.25, 0.3) is 0 Å². The zero-order chi connectivity index (χ0) is 53.9. The van der Waals surface area contributed by atoms with Crippen molar-refractivity contribution in [2.45, 2.75) is 102 Å². The molecule has 0 aliphatic rings. The molecule has 0 spiro atoms. The SMILES string of the molecule is Cc1ccc(C(=O)c2ccc(C)cc2)cc1.Cc1ccc(C(C)(C)c2ccc(C)cc2)cc1.Cc1ccc(C(c2ccc(C)cc2)(C(F)(F)F)C(F)(F)F)cc1.Cc1ccc(S(=O)(=O)c2ccc(C)cc2)cc1. The first-order valence-electron chi connectivity index (χ1n) is 23.7. The molecule has 0 radical (unpaired) electrons. The van der Waals surface area contributed by atoms with E-state index in [9.17, 15) is 39.6 Å². The summed E-state index contributed by atoms with van der Waals surface area (Å²) in [7, 11) is -3.37. The summed E-state index contributed by atoms with van der Waals surface area (Å²) in [4.78, 5) is 12.7. The van der Waals surface area contributed by atoms with Crippen molar-refractivity contribution in [2.24, 2.45) is 0 Å². The third-order valence-corrected chi connectivity index (χ3v) is 14.4. The van der Waals surface area contributed by atoms with E-state index in [-0.39, 0.29) is 11.2 Å². The van der Waals surface area contributed by atoms with Gasteiger partial charge in [-0.15, -0.1) is 0 Å². The van der Waals surface area contributed by atoms with Crippen LogP contribution in [0.3, 0.4) is 0 Å². The average Bonchev–Trinajstić information content (AvgIpc) is 3.33. The second-order valence-corrected chi connectivity index (χ2v) is 21.0. The molecule has 0 heterocycles. The highest BCUT2D eigenvalue weighted by Gasteiger charge is 2.72. The van der Waals surface area contributed by atoms with Gasteiger partial charge >= 0.3 is 12.4 Å². The lowest BCUT2D eigenvalue weighted by molar-refractivity contribution is -0.288. The highest BCUT2D eigenvalue weighted by molar-refractivity contribution is 7.91. The van der Waals surface area contributed by atoms with Crippen LogP contribution in [0.25, 0.3) is 0 Å². The van der Waals surface area contributed by atoms with Gasteiger partial charge in [-0.25, -0.2) is 8.42 Å². The maximum atomic E-state index is 13.7. The number of benzene rings is 8. The van der Waals surface area contributed by atoms with E-state index >= 15 is 0 Å². The van der Waals surface area contributed by atoms with Crippen LogP contribution < -0.4 is 0 Å². The van der Waals surface area contributed by atoms with E-state index in [2.05, 4.69) is 76.2 Å². The van der Waals surface area contributed by atoms with Crippen molar-refractivity contribution in [3.63, 3.8) is 0 Å². The third kappa shape index (κ3) is 14.1. The Morgan fingerprint density at radius 2 is 0.507 bits per heavy atom. The Bertz CT molecular complexity index is 2930. The predicted molar refractivity (Wildman–Crippen MR) is 283 cm³/mol. The zero-order valence-electron chi connectivity index (χ0n) is 42.9. The molecule has 0 N–H and O–H groups in total. The molecular weight excluding hydrogens is 951 g/mol. The van der Waals surface area contributed by atoms with Crippen molar-refractivity contribution in [2.75, 3.05) is 0 Å². The molecule has 10 heteroatoms. The second kappa shape index (κ2) is 23.7. The summed E-state index contributed by atoms with van der Waals surface area (Å²) in [5, 5.41) is 0. The molecule has 0 aliphatic carbocycles. The lowest BCUT2D eigenvalue weighted by Crippen LogP contribution is -2.54. The van der Waals surface area contributed by atoms with Gasteiger partial charge in [0.2, 0.25) is 15.3 Å². The molecule has 0 unspecified atom stereocenters. The van der Waals surface area contributed by atoms with Crippen LogP contribution in [0.5, 0.6) is 0 Å². The van der Waals surface area contributed by atoms with Crippen molar-refractivity contribution in [1.29, 1.82) is 0 Å². The van der Waals surface area contributed by atoms with E-state index in [1.807, 2.05) is 76.2 Å². The lowest BCUT2D eigenvalue weighted by Gasteiger charge is -2.38. The molecule has 3 nitrogen and oxygen atoms in total. The number of hydrogen-bond acceptors (Lipinski definition) is 3. The molecule has 0 bridgehead atoms. The smallest absolute Gasteiger partial charge is 0.289 e. The number of carbonyl (C=O) groups excluding carboxylic acids is 1. The molecule has 0 fully saturated rings. The molecule has 0 aliphatic heterocycles. The number of alkyl halides is 6. The van der Waals surface area contributed by atoms with Gasteiger partial charge in [-0.05, 0) is 102 Å². The molecule has 0 amide bonds. The van der Waals surface area contributed by atoms with Crippen LogP contribution >= 0.6 is 0 Å². The molecule has 8 aromatic carbocycles. The fourth-order valence-corrected chi connectivity index (χ4v) is 9.10. The monoisotopic (exact) mass is 1010 g/mol. The Hall–Kier alpha value is -7.04. The van der Waals surface area contributed by atoms with Crippen LogP contribution in [-0.2, 0) is 20.7 Å². The van der Waals surface area contributed by atoms with Gasteiger partial charge in [0.15, 0.2) is 5.78 Å². The Kier molecular flexibility index (Phi) is 18.4. The summed E-state index contributed by atoms with van der Waals surface area (Å²) in [6, 6.07) is 55.3. The van der Waals surface area contributed by atoms with E-state index in [1.54, 1.807) is 62.4 Å². The lowest BCUT2D eigenvalue weighted by atomic mass is 9.72. The van der Waals surface area contributed by atoms with Gasteiger partial charge < -0.3 is 0 Å². The minimum atomic E-state index is -5.53. The number of aryl methyl sites for hydroxylation is 8. The van der Waals surface area contributed by atoms with Gasteiger partial charge in [-0.1, -0.05) is 228 Å². The Morgan fingerprint density at radius 1 is 0.315 bits per heavy atom. The minimum Gasteiger partial charge on any atom is -0.289 e. The molecule has 0 aromatic heterocycles. The van der Waals surface area contributed by atoms with Crippen LogP contribution in [-0.4, -0.2) is 26.6 Å². The maximum absolute atomic E-state index is 13.7. The van der Waals surface area contributed by atoms with E-state index in [1.165, 1.54) is 57.6 Å². The van der Waals surface area contributed by atoms with E-state index in [0.29, 0.717) is 20.9 Å². The first-order chi connectivity index (χ1) is 34.2. The summed E-state index contributed by atoms with van der Waals surface area (Å²) >= 11 is 0. The number of carbonyl (C=O) groups is 1. The summed E-state index contributed by atoms with van der Waals surface area (Å²) < 4.78 is 107. The van der Waals surface area contributed by atoms with Crippen molar-refractivity contribution >= 4 is 15.6 Å². The maximum Gasteiger partial charge on any atom is 0.411 e. The number of ketones is 1. The molecule has 73 heavy (non-hydrogen) atoms. The molecule has 380 valence electrons. The van der Waals surface area contributed by atoms with Gasteiger partial charge in [0.1, 0.15) is 0 Å². The van der Waals surface area contributed by atoms with Crippen molar-refractivity contribution in [3.8, 4) is 0 Å². The summed E-state index contributed by atoms with van der Waals surface area (Å²) in [6.45, 7) is 19.9. The molecule has 0 atom stereocenters. The molecule has 0 saturated heterocycles. The van der Waals surface area contributed by atoms with E-state index in [4.69, 9.17) is 0 Å². The van der Waals surface area contributed by atoms with Crippen molar-refractivity contribution in [3.05, 3.63) is 272 Å². The van der Waals surface area contributed by atoms with Gasteiger partial charge in [-0.2, -0.15) is 26.3 Å². The fourth-order valence-electron chi connectivity index (χ4n) is 7.84. The second-order valence-electron chi connectivity index (χ2n) is 19.0. The Morgan fingerprint density at radius 3 is 0.726 bits per heavy atom. The first kappa shape index (κ1) is 56.9. The third-order valence-electron chi connectivity index (χ3n) is 12.7. The Balaban J connectivity index is 0.000000182. The standard InChI is InChI=1S/C17H14F6.C17H20.C15H14O.C14H14O2S/c1-11-3-7-13(8-4-11)15(16(18,19)20,17(21,22)23)14-9-5-12(2)6-10-14;1-13-5-9-15(10-6-13)17(3,4)16-11-7-14(2)8-12-16;1-11-3-7-13(8-4-11)15(16)14-9-5-12(2)6-10-14;1-11-3-7-13(8-4-11)17(15,16)14-9-5-12(2)6-10-14/h3-10H,1-2H3;5-12H,1-4H3;3-10H,1-2H3;3-10H,1-2H3. The van der Waals surface area contributed by atoms with Gasteiger partial charge in [-0.3, -0.25) is 4.79 Å². The molecular formula is C63H62F6O3S. The first-order valence-corrected chi connectivity index (χ1v) is 25.1.